The van der Waals surface area contributed by atoms with Gasteiger partial charge >= 0.3 is 5.97 Å². The van der Waals surface area contributed by atoms with Crippen molar-refractivity contribution < 1.29 is 14.7 Å². The van der Waals surface area contributed by atoms with Gasteiger partial charge in [0.25, 0.3) is 0 Å². The smallest absolute Gasteiger partial charge is 0.304 e. The molecule has 0 aromatic heterocycles. The van der Waals surface area contributed by atoms with E-state index >= 15 is 0 Å². The van der Waals surface area contributed by atoms with Gasteiger partial charge in [0.1, 0.15) is 0 Å². The van der Waals surface area contributed by atoms with E-state index in [1.807, 2.05) is 6.07 Å². The van der Waals surface area contributed by atoms with Crippen molar-refractivity contribution in [2.75, 3.05) is 6.54 Å². The largest absolute Gasteiger partial charge is 0.481 e. The molecule has 1 amide bonds. The Bertz CT molecular complexity index is 475. The van der Waals surface area contributed by atoms with Crippen molar-refractivity contribution in [1.82, 2.24) is 5.32 Å². The molecule has 1 aliphatic heterocycles. The summed E-state index contributed by atoms with van der Waals surface area (Å²) in [5, 5.41) is 12.2. The maximum absolute atomic E-state index is 11.4. The van der Waals surface area contributed by atoms with E-state index in [9.17, 15) is 9.59 Å². The Kier molecular flexibility index (Phi) is 3.07. The zero-order valence-corrected chi connectivity index (χ0v) is 9.83. The predicted octanol–water partition coefficient (Wildman–Crippen LogP) is 1.57. The summed E-state index contributed by atoms with van der Waals surface area (Å²) in [6.45, 7) is 0.346. The van der Waals surface area contributed by atoms with Crippen molar-refractivity contribution in [2.45, 2.75) is 18.3 Å². The Morgan fingerprint density at radius 1 is 1.53 bits per heavy atom. The second-order valence-corrected chi connectivity index (χ2v) is 4.75. The van der Waals surface area contributed by atoms with Crippen LogP contribution in [0.5, 0.6) is 0 Å². The standard InChI is InChI=1S/C12H12ClNO3/c13-9-3-1-2-8(4-9)12(6-11(16)17)5-10(15)14-7-12/h1-4H,5-7H2,(H,14,15)(H,16,17). The fraction of sp³-hybridized carbons (Fsp3) is 0.333. The molecule has 4 nitrogen and oxygen atoms in total. The number of carbonyl (C=O) groups is 2. The maximum Gasteiger partial charge on any atom is 0.304 e. The average molecular weight is 254 g/mol. The molecule has 0 radical (unpaired) electrons. The first-order valence-electron chi connectivity index (χ1n) is 5.26. The van der Waals surface area contributed by atoms with Gasteiger partial charge in [0.2, 0.25) is 5.91 Å². The lowest BCUT2D eigenvalue weighted by atomic mass is 9.77. The molecule has 1 saturated heterocycles. The van der Waals surface area contributed by atoms with E-state index in [-0.39, 0.29) is 18.7 Å². The molecule has 90 valence electrons. The highest BCUT2D eigenvalue weighted by Crippen LogP contribution is 2.35. The summed E-state index contributed by atoms with van der Waals surface area (Å²) in [6.07, 6.45) is 0.117. The first kappa shape index (κ1) is 11.9. The van der Waals surface area contributed by atoms with Gasteiger partial charge in [-0.1, -0.05) is 23.7 Å². The number of rotatable bonds is 3. The molecule has 0 aliphatic carbocycles. The number of nitrogens with one attached hydrogen (secondary N) is 1. The number of aliphatic carboxylic acids is 1. The van der Waals surface area contributed by atoms with E-state index in [0.29, 0.717) is 11.6 Å². The van der Waals surface area contributed by atoms with Crippen LogP contribution in [0.2, 0.25) is 5.02 Å². The lowest BCUT2D eigenvalue weighted by molar-refractivity contribution is -0.138. The highest BCUT2D eigenvalue weighted by atomic mass is 35.5. The lowest BCUT2D eigenvalue weighted by Gasteiger charge is -2.25. The molecule has 1 aromatic carbocycles. The molecule has 1 fully saturated rings. The van der Waals surface area contributed by atoms with Crippen LogP contribution >= 0.6 is 11.6 Å². The Balaban J connectivity index is 2.40. The van der Waals surface area contributed by atoms with Crippen LogP contribution in [0.4, 0.5) is 0 Å². The van der Waals surface area contributed by atoms with Gasteiger partial charge in [0, 0.05) is 23.4 Å². The number of amides is 1. The van der Waals surface area contributed by atoms with Crippen LogP contribution in [-0.2, 0) is 15.0 Å². The third-order valence-electron chi connectivity index (χ3n) is 3.05. The zero-order chi connectivity index (χ0) is 12.5. The van der Waals surface area contributed by atoms with Crippen molar-refractivity contribution >= 4 is 23.5 Å². The Labute approximate surface area is 104 Å². The number of benzene rings is 1. The van der Waals surface area contributed by atoms with E-state index in [1.165, 1.54) is 0 Å². The third-order valence-corrected chi connectivity index (χ3v) is 3.28. The molecule has 1 heterocycles. The summed E-state index contributed by atoms with van der Waals surface area (Å²) in [5.41, 5.74) is 0.124. The van der Waals surface area contributed by atoms with Crippen molar-refractivity contribution in [3.05, 3.63) is 34.9 Å². The Morgan fingerprint density at radius 3 is 2.82 bits per heavy atom. The Morgan fingerprint density at radius 2 is 2.29 bits per heavy atom. The number of halogens is 1. The van der Waals surface area contributed by atoms with Crippen molar-refractivity contribution in [2.24, 2.45) is 0 Å². The summed E-state index contributed by atoms with van der Waals surface area (Å²) in [4.78, 5) is 22.3. The van der Waals surface area contributed by atoms with E-state index in [0.717, 1.165) is 5.56 Å². The third kappa shape index (κ3) is 2.42. The second-order valence-electron chi connectivity index (χ2n) is 4.31. The minimum absolute atomic E-state index is 0.0773. The van der Waals surface area contributed by atoms with E-state index < -0.39 is 11.4 Å². The van der Waals surface area contributed by atoms with Crippen molar-refractivity contribution in [3.8, 4) is 0 Å². The van der Waals surface area contributed by atoms with Gasteiger partial charge in [-0.15, -0.1) is 0 Å². The summed E-state index contributed by atoms with van der Waals surface area (Å²) in [6, 6.07) is 7.04. The fourth-order valence-corrected chi connectivity index (χ4v) is 2.43. The maximum atomic E-state index is 11.4. The number of carboxylic acids is 1. The molecule has 5 heteroatoms. The van der Waals surface area contributed by atoms with Gasteiger partial charge < -0.3 is 10.4 Å². The van der Waals surface area contributed by atoms with Gasteiger partial charge in [-0.3, -0.25) is 9.59 Å². The predicted molar refractivity (Wildman–Crippen MR) is 63.0 cm³/mol. The van der Waals surface area contributed by atoms with Crippen molar-refractivity contribution in [3.63, 3.8) is 0 Å². The van der Waals surface area contributed by atoms with Crippen LogP contribution < -0.4 is 5.32 Å². The first-order chi connectivity index (χ1) is 8.02. The monoisotopic (exact) mass is 253 g/mol. The molecule has 1 aromatic rings. The molecule has 0 bridgehead atoms. The number of carboxylic acid groups (broad SMARTS) is 1. The molecular formula is C12H12ClNO3. The zero-order valence-electron chi connectivity index (χ0n) is 9.07. The Hall–Kier alpha value is -1.55. The summed E-state index contributed by atoms with van der Waals surface area (Å²) in [5.74, 6) is -1.03. The molecule has 0 saturated carbocycles. The highest BCUT2D eigenvalue weighted by Gasteiger charge is 2.41. The molecule has 0 spiro atoms. The molecule has 2 rings (SSSR count). The van der Waals surface area contributed by atoms with E-state index in [2.05, 4.69) is 5.32 Å². The number of hydrogen-bond donors (Lipinski definition) is 2. The van der Waals surface area contributed by atoms with Gasteiger partial charge in [-0.2, -0.15) is 0 Å². The van der Waals surface area contributed by atoms with Crippen LogP contribution in [0.1, 0.15) is 18.4 Å². The normalized spacial score (nSPS) is 23.5. The van der Waals surface area contributed by atoms with E-state index in [4.69, 9.17) is 16.7 Å². The molecule has 2 N–H and O–H groups in total. The highest BCUT2D eigenvalue weighted by molar-refractivity contribution is 6.30. The van der Waals surface area contributed by atoms with Crippen LogP contribution in [0.25, 0.3) is 0 Å². The van der Waals surface area contributed by atoms with Gasteiger partial charge in [-0.25, -0.2) is 0 Å². The molecule has 1 aliphatic rings. The fourth-order valence-electron chi connectivity index (χ4n) is 2.24. The number of carbonyl (C=O) groups excluding carboxylic acids is 1. The molecular weight excluding hydrogens is 242 g/mol. The second kappa shape index (κ2) is 4.37. The van der Waals surface area contributed by atoms with Gasteiger partial charge in [0.05, 0.1) is 6.42 Å². The topological polar surface area (TPSA) is 66.4 Å². The van der Waals surface area contributed by atoms with Crippen LogP contribution in [0.3, 0.4) is 0 Å². The number of hydrogen-bond acceptors (Lipinski definition) is 2. The lowest BCUT2D eigenvalue weighted by Crippen LogP contribution is -2.31. The van der Waals surface area contributed by atoms with Crippen LogP contribution in [0.15, 0.2) is 24.3 Å². The van der Waals surface area contributed by atoms with Gasteiger partial charge in [-0.05, 0) is 17.7 Å². The average Bonchev–Trinajstić information content (AvgIpc) is 2.60. The summed E-state index contributed by atoms with van der Waals surface area (Å²) < 4.78 is 0. The SMILES string of the molecule is O=C(O)CC1(c2cccc(Cl)c2)CNC(=O)C1. The first-order valence-corrected chi connectivity index (χ1v) is 5.64. The van der Waals surface area contributed by atoms with E-state index in [1.54, 1.807) is 18.2 Å². The minimum atomic E-state index is -0.915. The van der Waals surface area contributed by atoms with Crippen LogP contribution in [0, 0.1) is 0 Å². The summed E-state index contributed by atoms with van der Waals surface area (Å²) in [7, 11) is 0. The minimum Gasteiger partial charge on any atom is -0.481 e. The van der Waals surface area contributed by atoms with Crippen LogP contribution in [-0.4, -0.2) is 23.5 Å². The van der Waals surface area contributed by atoms with Gasteiger partial charge in [0.15, 0.2) is 0 Å². The summed E-state index contributed by atoms with van der Waals surface area (Å²) >= 11 is 5.91. The molecule has 1 atom stereocenters. The molecule has 17 heavy (non-hydrogen) atoms. The van der Waals surface area contributed by atoms with Crippen molar-refractivity contribution in [1.29, 1.82) is 0 Å². The quantitative estimate of drug-likeness (QED) is 0.859. The molecule has 1 unspecified atom stereocenters.